The lowest BCUT2D eigenvalue weighted by molar-refractivity contribution is -0.137. The lowest BCUT2D eigenvalue weighted by Crippen LogP contribution is -2.33. The quantitative estimate of drug-likeness (QED) is 0.925. The molecule has 4 heteroatoms. The van der Waals surface area contributed by atoms with E-state index in [0.29, 0.717) is 0 Å². The van der Waals surface area contributed by atoms with Gasteiger partial charge in [0.15, 0.2) is 0 Å². The van der Waals surface area contributed by atoms with E-state index in [2.05, 4.69) is 20.9 Å². The van der Waals surface area contributed by atoms with Crippen LogP contribution in [0.5, 0.6) is 0 Å². The number of benzene rings is 1. The average molecular weight is 296 g/mol. The van der Waals surface area contributed by atoms with E-state index in [1.165, 1.54) is 0 Å². The number of nitrogens with zero attached hydrogens (tertiary/aromatic N) is 1. The van der Waals surface area contributed by atoms with Crippen LogP contribution in [0.15, 0.2) is 27.7 Å². The smallest absolute Gasteiger partial charge is 0.304 e. The van der Waals surface area contributed by atoms with E-state index < -0.39 is 11.4 Å². The molecule has 0 aromatic heterocycles. The highest BCUT2D eigenvalue weighted by atomic mass is 79.9. The number of fused-ring (bicyclic) bond motifs is 1. The van der Waals surface area contributed by atoms with Crippen molar-refractivity contribution in [2.45, 2.75) is 32.1 Å². The van der Waals surface area contributed by atoms with Crippen LogP contribution in [0.2, 0.25) is 0 Å². The van der Waals surface area contributed by atoms with Crippen LogP contribution in [0.4, 0.5) is 5.69 Å². The topological polar surface area (TPSA) is 49.7 Å². The fraction of sp³-hybridized carbons (Fsp3) is 0.385. The predicted molar refractivity (Wildman–Crippen MR) is 71.1 cm³/mol. The number of aliphatic imine (C=N–C) groups is 1. The summed E-state index contributed by atoms with van der Waals surface area (Å²) in [7, 11) is 0. The Balaban J connectivity index is 2.58. The number of rotatable bonds is 3. The highest BCUT2D eigenvalue weighted by molar-refractivity contribution is 9.10. The van der Waals surface area contributed by atoms with Crippen molar-refractivity contribution in [1.82, 2.24) is 0 Å². The molecule has 0 amide bonds. The molecule has 90 valence electrons. The van der Waals surface area contributed by atoms with Crippen molar-refractivity contribution in [2.24, 2.45) is 4.99 Å². The zero-order valence-corrected chi connectivity index (χ0v) is 11.4. The second-order valence-electron chi connectivity index (χ2n) is 4.36. The van der Waals surface area contributed by atoms with Gasteiger partial charge in [0.25, 0.3) is 0 Å². The van der Waals surface area contributed by atoms with E-state index >= 15 is 0 Å². The van der Waals surface area contributed by atoms with Crippen molar-refractivity contribution >= 4 is 33.3 Å². The molecule has 1 heterocycles. The third-order valence-corrected chi connectivity index (χ3v) is 4.00. The van der Waals surface area contributed by atoms with Crippen molar-refractivity contribution in [2.75, 3.05) is 0 Å². The van der Waals surface area contributed by atoms with E-state index in [9.17, 15) is 4.79 Å². The molecule has 0 saturated carbocycles. The van der Waals surface area contributed by atoms with Crippen LogP contribution in [0.1, 0.15) is 32.3 Å². The molecule has 17 heavy (non-hydrogen) atoms. The predicted octanol–water partition coefficient (Wildman–Crippen LogP) is 3.68. The SMILES string of the molecule is CCC1(CC(=O)O)C(C)=Nc2ccc(Br)cc21. The van der Waals surface area contributed by atoms with E-state index in [1.54, 1.807) is 0 Å². The van der Waals surface area contributed by atoms with Gasteiger partial charge < -0.3 is 5.11 Å². The third-order valence-electron chi connectivity index (χ3n) is 3.51. The molecular weight excluding hydrogens is 282 g/mol. The number of hydrogen-bond acceptors (Lipinski definition) is 2. The Hall–Kier alpha value is -1.16. The summed E-state index contributed by atoms with van der Waals surface area (Å²) in [5.41, 5.74) is 2.38. The molecular formula is C13H14BrNO2. The Morgan fingerprint density at radius 2 is 2.24 bits per heavy atom. The summed E-state index contributed by atoms with van der Waals surface area (Å²) >= 11 is 3.43. The molecule has 1 aromatic carbocycles. The summed E-state index contributed by atoms with van der Waals surface area (Å²) in [4.78, 5) is 15.6. The molecule has 0 saturated heterocycles. The first-order valence-electron chi connectivity index (χ1n) is 5.57. The summed E-state index contributed by atoms with van der Waals surface area (Å²) in [5.74, 6) is -0.783. The van der Waals surface area contributed by atoms with Crippen LogP contribution in [0.3, 0.4) is 0 Å². The van der Waals surface area contributed by atoms with Gasteiger partial charge >= 0.3 is 5.97 Å². The molecule has 1 atom stereocenters. The first-order valence-corrected chi connectivity index (χ1v) is 6.36. The summed E-state index contributed by atoms with van der Waals surface area (Å²) in [5, 5.41) is 9.12. The summed E-state index contributed by atoms with van der Waals surface area (Å²) in [6.07, 6.45) is 0.848. The highest BCUT2D eigenvalue weighted by Crippen LogP contribution is 2.45. The molecule has 0 bridgehead atoms. The van der Waals surface area contributed by atoms with E-state index in [4.69, 9.17) is 5.11 Å². The number of hydrogen-bond donors (Lipinski definition) is 1. The average Bonchev–Trinajstić information content (AvgIpc) is 2.52. The molecule has 0 radical (unpaired) electrons. The lowest BCUT2D eigenvalue weighted by atomic mass is 9.73. The van der Waals surface area contributed by atoms with E-state index in [-0.39, 0.29) is 6.42 Å². The maximum atomic E-state index is 11.1. The molecule has 1 N–H and O–H groups in total. The van der Waals surface area contributed by atoms with Crippen LogP contribution in [-0.2, 0) is 10.2 Å². The van der Waals surface area contributed by atoms with Gasteiger partial charge in [0, 0.05) is 15.6 Å². The van der Waals surface area contributed by atoms with Gasteiger partial charge in [0.2, 0.25) is 0 Å². The van der Waals surface area contributed by atoms with Crippen LogP contribution in [0, 0.1) is 0 Å². The van der Waals surface area contributed by atoms with Crippen molar-refractivity contribution in [3.05, 3.63) is 28.2 Å². The Labute approximate surface area is 109 Å². The summed E-state index contributed by atoms with van der Waals surface area (Å²) < 4.78 is 0.962. The molecule has 3 nitrogen and oxygen atoms in total. The van der Waals surface area contributed by atoms with Gasteiger partial charge in [-0.2, -0.15) is 0 Å². The van der Waals surface area contributed by atoms with E-state index in [0.717, 1.165) is 27.9 Å². The molecule has 2 rings (SSSR count). The number of carboxylic acid groups (broad SMARTS) is 1. The molecule has 1 aromatic rings. The zero-order chi connectivity index (χ0) is 12.6. The van der Waals surface area contributed by atoms with Crippen molar-refractivity contribution < 1.29 is 9.90 Å². The first kappa shape index (κ1) is 12.3. The number of halogens is 1. The highest BCUT2D eigenvalue weighted by Gasteiger charge is 2.41. The molecule has 1 aliphatic heterocycles. The second kappa shape index (κ2) is 4.26. The molecule has 0 fully saturated rings. The van der Waals surface area contributed by atoms with Crippen LogP contribution in [-0.4, -0.2) is 16.8 Å². The van der Waals surface area contributed by atoms with Crippen molar-refractivity contribution in [3.63, 3.8) is 0 Å². The molecule has 0 aliphatic carbocycles. The lowest BCUT2D eigenvalue weighted by Gasteiger charge is -2.28. The normalized spacial score (nSPS) is 22.2. The maximum absolute atomic E-state index is 11.1. The third kappa shape index (κ3) is 1.90. The maximum Gasteiger partial charge on any atom is 0.304 e. The van der Waals surface area contributed by atoms with Gasteiger partial charge in [-0.3, -0.25) is 9.79 Å². The van der Waals surface area contributed by atoms with E-state index in [1.807, 2.05) is 32.0 Å². The van der Waals surface area contributed by atoms with Gasteiger partial charge in [-0.05, 0) is 37.1 Å². The summed E-state index contributed by atoms with van der Waals surface area (Å²) in [6.45, 7) is 3.93. The Bertz CT molecular complexity index is 510. The van der Waals surface area contributed by atoms with Crippen molar-refractivity contribution in [3.8, 4) is 0 Å². The Morgan fingerprint density at radius 1 is 1.53 bits per heavy atom. The van der Waals surface area contributed by atoms with Gasteiger partial charge in [0.1, 0.15) is 0 Å². The Kier molecular flexibility index (Phi) is 3.08. The van der Waals surface area contributed by atoms with Gasteiger partial charge in [-0.25, -0.2) is 0 Å². The molecule has 1 aliphatic rings. The zero-order valence-electron chi connectivity index (χ0n) is 9.83. The minimum atomic E-state index is -0.783. The standard InChI is InChI=1S/C13H14BrNO2/c1-3-13(7-12(16)17)8(2)15-11-5-4-9(14)6-10(11)13/h4-6H,3,7H2,1-2H3,(H,16,17). The minimum absolute atomic E-state index is 0.0995. The van der Waals surface area contributed by atoms with Gasteiger partial charge in [-0.1, -0.05) is 22.9 Å². The number of carbonyl (C=O) groups is 1. The largest absolute Gasteiger partial charge is 0.481 e. The van der Waals surface area contributed by atoms with Gasteiger partial charge in [-0.15, -0.1) is 0 Å². The molecule has 0 spiro atoms. The monoisotopic (exact) mass is 295 g/mol. The van der Waals surface area contributed by atoms with Gasteiger partial charge in [0.05, 0.1) is 12.1 Å². The molecule has 1 unspecified atom stereocenters. The van der Waals surface area contributed by atoms with Crippen LogP contribution >= 0.6 is 15.9 Å². The minimum Gasteiger partial charge on any atom is -0.481 e. The number of aliphatic carboxylic acids is 1. The second-order valence-corrected chi connectivity index (χ2v) is 5.28. The van der Waals surface area contributed by atoms with Crippen molar-refractivity contribution in [1.29, 1.82) is 0 Å². The summed E-state index contributed by atoms with van der Waals surface area (Å²) in [6, 6.07) is 5.85. The Morgan fingerprint density at radius 3 is 2.82 bits per heavy atom. The fourth-order valence-electron chi connectivity index (χ4n) is 2.52. The first-order chi connectivity index (χ1) is 7.99. The van der Waals surface area contributed by atoms with Crippen LogP contribution < -0.4 is 0 Å². The van der Waals surface area contributed by atoms with Crippen LogP contribution in [0.25, 0.3) is 0 Å². The number of carboxylic acids is 1. The fourth-order valence-corrected chi connectivity index (χ4v) is 2.89.